The van der Waals surface area contributed by atoms with E-state index in [0.717, 1.165) is 36.5 Å². The van der Waals surface area contributed by atoms with E-state index in [4.69, 9.17) is 9.47 Å². The highest BCUT2D eigenvalue weighted by molar-refractivity contribution is 5.78. The molecular weight excluding hydrogens is 314 g/mol. The zero-order valence-corrected chi connectivity index (χ0v) is 15.1. The van der Waals surface area contributed by atoms with Gasteiger partial charge in [-0.1, -0.05) is 30.3 Å². The van der Waals surface area contributed by atoms with Crippen molar-refractivity contribution >= 4 is 5.91 Å². The quantitative estimate of drug-likeness (QED) is 0.840. The molecule has 0 aromatic heterocycles. The molecule has 4 heteroatoms. The summed E-state index contributed by atoms with van der Waals surface area (Å²) in [4.78, 5) is 13.4. The highest BCUT2D eigenvalue weighted by atomic mass is 16.5. The second kappa shape index (κ2) is 7.60. The predicted molar refractivity (Wildman–Crippen MR) is 98.2 cm³/mol. The molecule has 1 atom stereocenters. The number of hydrogen-bond acceptors (Lipinski definition) is 3. The summed E-state index contributed by atoms with van der Waals surface area (Å²) in [6.07, 6.45) is 2.45. The Morgan fingerprint density at radius 2 is 1.88 bits per heavy atom. The van der Waals surface area contributed by atoms with Gasteiger partial charge in [0.25, 0.3) is 0 Å². The van der Waals surface area contributed by atoms with Crippen LogP contribution in [0.4, 0.5) is 0 Å². The zero-order chi connectivity index (χ0) is 17.8. The van der Waals surface area contributed by atoms with Gasteiger partial charge in [0, 0.05) is 26.1 Å². The molecule has 132 valence electrons. The fourth-order valence-corrected chi connectivity index (χ4v) is 3.13. The molecule has 1 aliphatic rings. The number of nitrogens with zero attached hydrogens (tertiary/aromatic N) is 1. The Bertz CT molecular complexity index is 737. The van der Waals surface area contributed by atoms with Gasteiger partial charge in [0.2, 0.25) is 5.91 Å². The molecule has 2 aromatic rings. The lowest BCUT2D eigenvalue weighted by Gasteiger charge is -2.25. The van der Waals surface area contributed by atoms with Crippen molar-refractivity contribution in [3.8, 4) is 11.5 Å². The largest absolute Gasteiger partial charge is 0.497 e. The van der Waals surface area contributed by atoms with Crippen LogP contribution in [0, 0.1) is 5.92 Å². The molecule has 0 saturated carbocycles. The van der Waals surface area contributed by atoms with Gasteiger partial charge in [-0.15, -0.1) is 0 Å². The van der Waals surface area contributed by atoms with Crippen molar-refractivity contribution in [1.82, 2.24) is 4.90 Å². The summed E-state index contributed by atoms with van der Waals surface area (Å²) < 4.78 is 11.2. The molecule has 2 aromatic carbocycles. The molecule has 1 aliphatic heterocycles. The second-order valence-electron chi connectivity index (χ2n) is 6.84. The third kappa shape index (κ3) is 4.32. The lowest BCUT2D eigenvalue weighted by molar-refractivity contribution is -0.127. The molecule has 25 heavy (non-hydrogen) atoms. The Hall–Kier alpha value is -2.49. The van der Waals surface area contributed by atoms with Crippen LogP contribution in [0.15, 0.2) is 42.5 Å². The first kappa shape index (κ1) is 17.3. The van der Waals surface area contributed by atoms with Gasteiger partial charge in [-0.05, 0) is 35.6 Å². The number of carbonyl (C=O) groups is 1. The van der Waals surface area contributed by atoms with E-state index >= 15 is 0 Å². The van der Waals surface area contributed by atoms with Gasteiger partial charge in [-0.3, -0.25) is 4.79 Å². The van der Waals surface area contributed by atoms with Gasteiger partial charge < -0.3 is 14.4 Å². The van der Waals surface area contributed by atoms with Crippen LogP contribution in [0.1, 0.15) is 16.7 Å². The Balaban J connectivity index is 1.60. The van der Waals surface area contributed by atoms with Crippen molar-refractivity contribution in [2.45, 2.75) is 19.3 Å². The van der Waals surface area contributed by atoms with Crippen LogP contribution in [0.2, 0.25) is 0 Å². The average molecular weight is 339 g/mol. The van der Waals surface area contributed by atoms with Gasteiger partial charge in [-0.2, -0.15) is 0 Å². The van der Waals surface area contributed by atoms with Gasteiger partial charge >= 0.3 is 0 Å². The topological polar surface area (TPSA) is 38.8 Å². The number of amides is 1. The number of ether oxygens (including phenoxy) is 2. The number of rotatable bonds is 5. The van der Waals surface area contributed by atoms with E-state index in [0.29, 0.717) is 12.3 Å². The first-order valence-corrected chi connectivity index (χ1v) is 8.63. The zero-order valence-electron chi connectivity index (χ0n) is 15.1. The summed E-state index contributed by atoms with van der Waals surface area (Å²) >= 11 is 0. The number of hydrogen-bond donors (Lipinski definition) is 0. The standard InChI is InChI=1S/C21H25NO3/c1-22(2)21(23)12-16-6-4-15(5-7-16)10-17-11-18-8-9-19(24-3)13-20(18)25-14-17/h4-9,13,17H,10-12,14H2,1-3H3. The normalized spacial score (nSPS) is 15.9. The predicted octanol–water partition coefficient (Wildman–Crippen LogP) is 3.12. The van der Waals surface area contributed by atoms with Crippen molar-refractivity contribution in [2.75, 3.05) is 27.8 Å². The molecule has 3 rings (SSSR count). The Labute approximate surface area is 149 Å². The summed E-state index contributed by atoms with van der Waals surface area (Å²) in [6, 6.07) is 14.4. The van der Waals surface area contributed by atoms with Crippen molar-refractivity contribution < 1.29 is 14.3 Å². The summed E-state index contributed by atoms with van der Waals surface area (Å²) in [5.41, 5.74) is 3.58. The minimum absolute atomic E-state index is 0.125. The minimum atomic E-state index is 0.125. The molecule has 1 heterocycles. The molecule has 0 N–H and O–H groups in total. The number of benzene rings is 2. The van der Waals surface area contributed by atoms with Crippen LogP contribution >= 0.6 is 0 Å². The summed E-state index contributed by atoms with van der Waals surface area (Å²) in [7, 11) is 5.24. The van der Waals surface area contributed by atoms with E-state index in [1.54, 1.807) is 26.1 Å². The molecule has 0 radical (unpaired) electrons. The van der Waals surface area contributed by atoms with Crippen molar-refractivity contribution in [2.24, 2.45) is 5.92 Å². The maximum Gasteiger partial charge on any atom is 0.226 e. The fourth-order valence-electron chi connectivity index (χ4n) is 3.13. The van der Waals surface area contributed by atoms with E-state index in [1.165, 1.54) is 11.1 Å². The van der Waals surface area contributed by atoms with Crippen LogP contribution in [0.25, 0.3) is 0 Å². The number of likely N-dealkylation sites (N-methyl/N-ethyl adjacent to an activating group) is 1. The van der Waals surface area contributed by atoms with E-state index in [2.05, 4.69) is 30.3 Å². The molecule has 4 nitrogen and oxygen atoms in total. The van der Waals surface area contributed by atoms with Crippen LogP contribution in [-0.2, 0) is 24.1 Å². The van der Waals surface area contributed by atoms with E-state index < -0.39 is 0 Å². The fraction of sp³-hybridized carbons (Fsp3) is 0.381. The third-order valence-corrected chi connectivity index (χ3v) is 4.66. The van der Waals surface area contributed by atoms with Crippen molar-refractivity contribution in [1.29, 1.82) is 0 Å². The van der Waals surface area contributed by atoms with E-state index in [-0.39, 0.29) is 5.91 Å². The second-order valence-corrected chi connectivity index (χ2v) is 6.84. The number of fused-ring (bicyclic) bond motifs is 1. The monoisotopic (exact) mass is 339 g/mol. The van der Waals surface area contributed by atoms with Gasteiger partial charge in [-0.25, -0.2) is 0 Å². The van der Waals surface area contributed by atoms with Crippen LogP contribution in [0.3, 0.4) is 0 Å². The molecule has 0 aliphatic carbocycles. The third-order valence-electron chi connectivity index (χ3n) is 4.66. The Kier molecular flexibility index (Phi) is 5.27. The van der Waals surface area contributed by atoms with Crippen LogP contribution in [0.5, 0.6) is 11.5 Å². The molecule has 1 amide bonds. The van der Waals surface area contributed by atoms with Crippen LogP contribution in [-0.4, -0.2) is 38.6 Å². The smallest absolute Gasteiger partial charge is 0.226 e. The number of methoxy groups -OCH3 is 1. The molecule has 1 unspecified atom stereocenters. The molecule has 0 bridgehead atoms. The molecular formula is C21H25NO3. The first-order valence-electron chi connectivity index (χ1n) is 8.63. The van der Waals surface area contributed by atoms with Crippen molar-refractivity contribution in [3.63, 3.8) is 0 Å². The van der Waals surface area contributed by atoms with E-state index in [9.17, 15) is 4.79 Å². The maximum atomic E-state index is 11.8. The summed E-state index contributed by atoms with van der Waals surface area (Å²) in [5.74, 6) is 2.36. The van der Waals surface area contributed by atoms with Crippen LogP contribution < -0.4 is 9.47 Å². The summed E-state index contributed by atoms with van der Waals surface area (Å²) in [6.45, 7) is 0.723. The molecule has 0 spiro atoms. The Morgan fingerprint density at radius 3 is 2.56 bits per heavy atom. The molecule has 0 saturated heterocycles. The highest BCUT2D eigenvalue weighted by Crippen LogP contribution is 2.32. The summed E-state index contributed by atoms with van der Waals surface area (Å²) in [5, 5.41) is 0. The van der Waals surface area contributed by atoms with Gasteiger partial charge in [0.15, 0.2) is 0 Å². The lowest BCUT2D eigenvalue weighted by Crippen LogP contribution is -2.23. The molecule has 0 fully saturated rings. The first-order chi connectivity index (χ1) is 12.0. The number of carbonyl (C=O) groups excluding carboxylic acids is 1. The van der Waals surface area contributed by atoms with Gasteiger partial charge in [0.1, 0.15) is 11.5 Å². The van der Waals surface area contributed by atoms with Crippen molar-refractivity contribution in [3.05, 3.63) is 59.2 Å². The van der Waals surface area contributed by atoms with Gasteiger partial charge in [0.05, 0.1) is 20.1 Å². The van der Waals surface area contributed by atoms with E-state index in [1.807, 2.05) is 12.1 Å². The average Bonchev–Trinajstić information content (AvgIpc) is 2.62. The lowest BCUT2D eigenvalue weighted by atomic mass is 9.90. The Morgan fingerprint density at radius 1 is 1.16 bits per heavy atom. The highest BCUT2D eigenvalue weighted by Gasteiger charge is 2.20. The SMILES string of the molecule is COc1ccc2c(c1)OCC(Cc1ccc(CC(=O)N(C)C)cc1)C2. The maximum absolute atomic E-state index is 11.8. The minimum Gasteiger partial charge on any atom is -0.497 e.